The Kier molecular flexibility index (Phi) is 88.4. The highest BCUT2D eigenvalue weighted by molar-refractivity contribution is 7.80. The second-order valence-corrected chi connectivity index (χ2v) is 59.4. The minimum atomic E-state index is -2.52. The van der Waals surface area contributed by atoms with Gasteiger partial charge in [0, 0.05) is 137 Å². The molecule has 0 aliphatic carbocycles. The average molecular weight is 1720 g/mol. The highest BCUT2D eigenvalue weighted by Gasteiger charge is 2.42. The summed E-state index contributed by atoms with van der Waals surface area (Å²) in [6, 6.07) is 9.45. The molecule has 0 aromatic carbocycles. The fraction of sp³-hybridized carbons (Fsp3) is 1.00. The number of thiol groups is 3. The van der Waals surface area contributed by atoms with Gasteiger partial charge in [-0.25, -0.2) is 0 Å². The highest BCUT2D eigenvalue weighted by atomic mass is 32.1. The van der Waals surface area contributed by atoms with E-state index in [9.17, 15) is 0 Å². The molecule has 0 amide bonds. The van der Waals surface area contributed by atoms with E-state index >= 15 is 0 Å². The monoisotopic (exact) mass is 1720 g/mol. The summed E-state index contributed by atoms with van der Waals surface area (Å²) in [5, 5.41) is 10.6. The van der Waals surface area contributed by atoms with Crippen molar-refractivity contribution >= 4 is 115 Å². The molecule has 0 rings (SSSR count). The summed E-state index contributed by atoms with van der Waals surface area (Å²) < 4.78 is 104. The molecular formula is C72H177N3O18S3Si9. The van der Waals surface area contributed by atoms with E-state index in [-0.39, 0.29) is 0 Å². The van der Waals surface area contributed by atoms with Crippen molar-refractivity contribution in [3.05, 3.63) is 0 Å². The zero-order valence-electron chi connectivity index (χ0n) is 73.5. The SMILES string of the molecule is CCO[Si](C)(C)CCCNCCC[Si](C)(C)OCC.CCO[Si](C)(C)CCCS.CCO[Si](C)(CCCNCCC[Si](C)(OCC)OCC)OCC.CCO[Si](C)(CCCS)OCC.CCO[Si](CCCNCCC[Si](OCC)(OCC)OCC)(OCC)OCC.CCO[Si](CCCS)(OCC)OCC. The molecule has 0 fully saturated rings. The van der Waals surface area contributed by atoms with Crippen LogP contribution in [0.1, 0.15) is 182 Å². The maximum Gasteiger partial charge on any atom is 0.500 e. The molecule has 0 spiro atoms. The van der Waals surface area contributed by atoms with Gasteiger partial charge in [-0.2, -0.15) is 37.9 Å². The van der Waals surface area contributed by atoms with E-state index in [0.29, 0.717) is 59.5 Å². The smallest absolute Gasteiger partial charge is 0.418 e. The van der Waals surface area contributed by atoms with Gasteiger partial charge < -0.3 is 95.6 Å². The normalized spacial score (nSPS) is 12.5. The maximum absolute atomic E-state index is 5.89. The minimum absolute atomic E-state index is 0.624. The van der Waals surface area contributed by atoms with Crippen LogP contribution in [0.5, 0.6) is 0 Å². The first-order valence-corrected chi connectivity index (χ1v) is 66.0. The van der Waals surface area contributed by atoms with Gasteiger partial charge in [0.1, 0.15) is 0 Å². The Morgan fingerprint density at radius 2 is 0.324 bits per heavy atom. The lowest BCUT2D eigenvalue weighted by atomic mass is 10.4. The lowest BCUT2D eigenvalue weighted by molar-refractivity contribution is 0.0700. The summed E-state index contributed by atoms with van der Waals surface area (Å²) in [4.78, 5) is 0. The van der Waals surface area contributed by atoms with E-state index in [4.69, 9.17) is 79.7 Å². The topological polar surface area (TPSA) is 202 Å². The molecular weight excluding hydrogens is 1540 g/mol. The van der Waals surface area contributed by atoms with Crippen LogP contribution in [0.4, 0.5) is 0 Å². The van der Waals surface area contributed by atoms with Crippen LogP contribution in [-0.4, -0.2) is 252 Å². The number of nitrogens with one attached hydrogen (secondary N) is 3. The van der Waals surface area contributed by atoms with Gasteiger partial charge in [0.05, 0.1) is 0 Å². The molecule has 3 N–H and O–H groups in total. The van der Waals surface area contributed by atoms with Crippen LogP contribution in [0.25, 0.3) is 0 Å². The van der Waals surface area contributed by atoms with E-state index < -0.39 is 77.0 Å². The molecule has 0 aromatic heterocycles. The Bertz CT molecular complexity index is 1630. The van der Waals surface area contributed by atoms with Gasteiger partial charge in [-0.15, -0.1) is 0 Å². The van der Waals surface area contributed by atoms with Crippen molar-refractivity contribution in [2.24, 2.45) is 0 Å². The standard InChI is InChI=1S/C18H43NO6Si2.C16H39NO4Si2.C14H35NO2Si2.C9H22O3SSi.C8H20O2SSi.C7H18OSSi/c1-7-20-26(21-8-2,22-9-3)17-13-15-19-16-14-18-27(23-10-4,24-11-5)25-12-6;1-7-18-22(5,19-8-2)15-11-13-17-14-12-16-23(6,20-9-3)21-10-4;1-7-16-18(3,4)13-9-11-15-12-10-14-19(5,6)17-8-2;1-4-10-14(11-5-2,12-6-3)9-7-8-13;1-4-9-12(3,10-5-2)8-6-7-11;1-4-8-10(2,3)7-5-6-9/h19H,7-18H2,1-6H3;17H,7-16H2,1-6H3;15H,7-14H2,1-6H3;13H,4-9H2,1-3H3;11H,4-8H2,1-3H3;9H,4-7H2,1-3H3. The Hall–Kier alpha value is 2.16. The van der Waals surface area contributed by atoms with Gasteiger partial charge in [0.25, 0.3) is 0 Å². The predicted molar refractivity (Wildman–Crippen MR) is 479 cm³/mol. The maximum atomic E-state index is 5.89. The Balaban J connectivity index is -0.000000289. The summed E-state index contributed by atoms with van der Waals surface area (Å²) in [5.41, 5.74) is 0. The summed E-state index contributed by atoms with van der Waals surface area (Å²) in [7, 11) is -17.1. The Labute approximate surface area is 676 Å². The van der Waals surface area contributed by atoms with E-state index in [1.54, 1.807) is 0 Å². The van der Waals surface area contributed by atoms with Gasteiger partial charge in [-0.05, 0) is 334 Å². The number of hydrogen-bond acceptors (Lipinski definition) is 24. The molecule has 0 atom stereocenters. The summed E-state index contributed by atoms with van der Waals surface area (Å²) >= 11 is 12.5. The number of rotatable bonds is 69. The first-order chi connectivity index (χ1) is 49.9. The van der Waals surface area contributed by atoms with Crippen molar-refractivity contribution in [2.45, 2.75) is 296 Å². The van der Waals surface area contributed by atoms with E-state index in [2.05, 4.69) is 134 Å². The molecule has 21 nitrogen and oxygen atoms in total. The first kappa shape index (κ1) is 118. The van der Waals surface area contributed by atoms with E-state index in [1.165, 1.54) is 37.4 Å². The largest absolute Gasteiger partial charge is 0.500 e. The minimum Gasteiger partial charge on any atom is -0.418 e. The van der Waals surface area contributed by atoms with Crippen LogP contribution in [-0.2, 0) is 79.7 Å². The van der Waals surface area contributed by atoms with Crippen LogP contribution >= 0.6 is 37.9 Å². The van der Waals surface area contributed by atoms with Crippen molar-refractivity contribution in [1.29, 1.82) is 0 Å². The molecule has 0 heterocycles. The van der Waals surface area contributed by atoms with Gasteiger partial charge in [0.15, 0.2) is 25.0 Å². The predicted octanol–water partition coefficient (Wildman–Crippen LogP) is 18.3. The molecule has 0 aliphatic rings. The summed E-state index contributed by atoms with van der Waals surface area (Å²) in [6.07, 6.45) is 9.90. The second kappa shape index (κ2) is 78.7. The zero-order chi connectivity index (χ0) is 81.2. The lowest BCUT2D eigenvalue weighted by Gasteiger charge is -2.29. The molecule has 0 saturated heterocycles. The van der Waals surface area contributed by atoms with Gasteiger partial charge in [-0.1, -0.05) is 0 Å². The summed E-state index contributed by atoms with van der Waals surface area (Å²) in [6.45, 7) is 75.5. The third kappa shape index (κ3) is 73.5. The van der Waals surface area contributed by atoms with Crippen molar-refractivity contribution in [1.82, 2.24) is 16.0 Å². The highest BCUT2D eigenvalue weighted by Crippen LogP contribution is 2.23. The summed E-state index contributed by atoms with van der Waals surface area (Å²) in [5.74, 6) is 2.76. The fourth-order valence-corrected chi connectivity index (χ4v) is 33.9. The number of hydrogen-bond donors (Lipinski definition) is 6. The molecule has 0 radical (unpaired) electrons. The van der Waals surface area contributed by atoms with Crippen LogP contribution in [0.2, 0.25) is 113 Å². The Morgan fingerprint density at radius 1 is 0.181 bits per heavy atom. The van der Waals surface area contributed by atoms with Crippen molar-refractivity contribution in [3.8, 4) is 0 Å². The van der Waals surface area contributed by atoms with Crippen LogP contribution < -0.4 is 16.0 Å². The molecule has 0 aliphatic heterocycles. The van der Waals surface area contributed by atoms with Crippen LogP contribution in [0, 0.1) is 0 Å². The van der Waals surface area contributed by atoms with Crippen molar-refractivity contribution in [3.63, 3.8) is 0 Å². The lowest BCUT2D eigenvalue weighted by Crippen LogP contribution is -2.46. The van der Waals surface area contributed by atoms with E-state index in [1.807, 2.05) is 104 Å². The first-order valence-electron chi connectivity index (χ1n) is 41.4. The molecule has 0 aromatic rings. The third-order valence-electron chi connectivity index (χ3n) is 15.9. The van der Waals surface area contributed by atoms with Gasteiger partial charge >= 0.3 is 52.1 Å². The molecule has 0 saturated carbocycles. The molecule has 33 heteroatoms. The quantitative estimate of drug-likeness (QED) is 0.0190. The zero-order valence-corrected chi connectivity index (χ0v) is 85.2. The Morgan fingerprint density at radius 3 is 0.514 bits per heavy atom. The van der Waals surface area contributed by atoms with Crippen LogP contribution in [0.3, 0.4) is 0 Å². The fourth-order valence-electron chi connectivity index (χ4n) is 11.6. The molecule has 0 bridgehead atoms. The molecule has 105 heavy (non-hydrogen) atoms. The van der Waals surface area contributed by atoms with Crippen LogP contribution in [0.15, 0.2) is 0 Å². The van der Waals surface area contributed by atoms with Gasteiger partial charge in [0.2, 0.25) is 0 Å². The van der Waals surface area contributed by atoms with E-state index in [0.717, 1.165) is 191 Å². The average Bonchev–Trinajstić information content (AvgIpc) is 0.879. The van der Waals surface area contributed by atoms with Crippen molar-refractivity contribution < 1.29 is 79.7 Å². The van der Waals surface area contributed by atoms with Crippen molar-refractivity contribution in [2.75, 3.05) is 175 Å². The van der Waals surface area contributed by atoms with Gasteiger partial charge in [-0.3, -0.25) is 0 Å². The molecule has 0 unspecified atom stereocenters. The third-order valence-corrected chi connectivity index (χ3v) is 43.3. The second-order valence-electron chi connectivity index (χ2n) is 26.9. The molecule has 642 valence electrons.